The fourth-order valence-electron chi connectivity index (χ4n) is 3.09. The van der Waals surface area contributed by atoms with Crippen molar-refractivity contribution in [1.82, 2.24) is 0 Å². The predicted molar refractivity (Wildman–Crippen MR) is 95.5 cm³/mol. The highest BCUT2D eigenvalue weighted by Crippen LogP contribution is 2.50. The van der Waals surface area contributed by atoms with E-state index in [0.717, 1.165) is 10.0 Å². The molecule has 124 valence electrons. The van der Waals surface area contributed by atoms with Gasteiger partial charge < -0.3 is 4.74 Å². The number of Topliss-reactive ketones (excluding diaryl/α,β-unsaturated/α-hetero) is 1. The lowest BCUT2D eigenvalue weighted by Gasteiger charge is -2.05. The molecule has 3 rings (SSSR count). The van der Waals surface area contributed by atoms with E-state index in [1.807, 2.05) is 61.5 Å². The van der Waals surface area contributed by atoms with E-state index in [9.17, 15) is 9.59 Å². The molecule has 1 aliphatic carbocycles. The average Bonchev–Trinajstić information content (AvgIpc) is 3.23. The van der Waals surface area contributed by atoms with E-state index in [4.69, 9.17) is 4.74 Å². The number of rotatable bonds is 6. The molecule has 0 heterocycles. The molecule has 0 saturated heterocycles. The van der Waals surface area contributed by atoms with Crippen molar-refractivity contribution in [1.29, 1.82) is 0 Å². The highest BCUT2D eigenvalue weighted by molar-refractivity contribution is 9.10. The van der Waals surface area contributed by atoms with Crippen LogP contribution in [0.1, 0.15) is 29.3 Å². The number of benzene rings is 2. The van der Waals surface area contributed by atoms with Crippen LogP contribution in [0.3, 0.4) is 0 Å². The van der Waals surface area contributed by atoms with Crippen molar-refractivity contribution in [2.75, 3.05) is 0 Å². The molecule has 2 aromatic carbocycles. The summed E-state index contributed by atoms with van der Waals surface area (Å²) >= 11 is 3.37. The molecule has 0 amide bonds. The van der Waals surface area contributed by atoms with Gasteiger partial charge in [0.05, 0.1) is 0 Å². The number of ketones is 1. The highest BCUT2D eigenvalue weighted by Gasteiger charge is 2.52. The summed E-state index contributed by atoms with van der Waals surface area (Å²) in [4.78, 5) is 24.6. The number of hydrogen-bond donors (Lipinski definition) is 0. The second-order valence-electron chi connectivity index (χ2n) is 6.27. The first-order valence-electron chi connectivity index (χ1n) is 8.05. The summed E-state index contributed by atoms with van der Waals surface area (Å²) in [6.07, 6.45) is 0.306. The molecule has 0 N–H and O–H groups in total. The summed E-state index contributed by atoms with van der Waals surface area (Å²) in [5.74, 6) is 0.128. The SMILES string of the molecule is C[C@@H]1[C@H](CC(=O)OCc2ccccc2)[C@@H]1C(=O)c1ccc(Br)cc1. The van der Waals surface area contributed by atoms with Crippen LogP contribution in [0.4, 0.5) is 0 Å². The number of carbonyl (C=O) groups is 2. The van der Waals surface area contributed by atoms with Crippen molar-refractivity contribution in [3.05, 3.63) is 70.2 Å². The molecule has 4 heteroatoms. The van der Waals surface area contributed by atoms with Crippen LogP contribution in [-0.4, -0.2) is 11.8 Å². The van der Waals surface area contributed by atoms with Crippen LogP contribution in [0.15, 0.2) is 59.1 Å². The summed E-state index contributed by atoms with van der Waals surface area (Å²) in [6, 6.07) is 17.0. The number of ether oxygens (including phenoxy) is 1. The zero-order chi connectivity index (χ0) is 17.1. The van der Waals surface area contributed by atoms with E-state index in [2.05, 4.69) is 15.9 Å². The van der Waals surface area contributed by atoms with Crippen molar-refractivity contribution in [2.45, 2.75) is 20.0 Å². The minimum atomic E-state index is -0.234. The zero-order valence-electron chi connectivity index (χ0n) is 13.4. The third kappa shape index (κ3) is 3.93. The van der Waals surface area contributed by atoms with Crippen molar-refractivity contribution in [2.24, 2.45) is 17.8 Å². The van der Waals surface area contributed by atoms with Gasteiger partial charge in [-0.05, 0) is 29.5 Å². The second-order valence-corrected chi connectivity index (χ2v) is 7.19. The molecule has 3 atom stereocenters. The van der Waals surface area contributed by atoms with E-state index in [-0.39, 0.29) is 36.1 Å². The Bertz CT molecular complexity index is 724. The van der Waals surface area contributed by atoms with Crippen LogP contribution in [0.25, 0.3) is 0 Å². The Morgan fingerprint density at radius 1 is 1.04 bits per heavy atom. The quantitative estimate of drug-likeness (QED) is 0.536. The summed E-state index contributed by atoms with van der Waals surface area (Å²) in [5.41, 5.74) is 1.67. The Balaban J connectivity index is 1.52. The molecule has 0 spiro atoms. The largest absolute Gasteiger partial charge is 0.461 e. The topological polar surface area (TPSA) is 43.4 Å². The summed E-state index contributed by atoms with van der Waals surface area (Å²) in [7, 11) is 0. The zero-order valence-corrected chi connectivity index (χ0v) is 15.0. The van der Waals surface area contributed by atoms with Crippen LogP contribution in [-0.2, 0) is 16.1 Å². The predicted octanol–water partition coefficient (Wildman–Crippen LogP) is 4.65. The Morgan fingerprint density at radius 2 is 1.71 bits per heavy atom. The van der Waals surface area contributed by atoms with Gasteiger partial charge in [0, 0.05) is 22.4 Å². The lowest BCUT2D eigenvalue weighted by atomic mass is 10.0. The van der Waals surface area contributed by atoms with Gasteiger partial charge >= 0.3 is 5.97 Å². The first-order chi connectivity index (χ1) is 11.6. The molecule has 1 aliphatic rings. The first kappa shape index (κ1) is 16.9. The number of hydrogen-bond acceptors (Lipinski definition) is 3. The van der Waals surface area contributed by atoms with E-state index in [1.54, 1.807) is 0 Å². The number of halogens is 1. The smallest absolute Gasteiger partial charge is 0.306 e. The average molecular weight is 387 g/mol. The van der Waals surface area contributed by atoms with E-state index in [0.29, 0.717) is 12.0 Å². The molecular weight excluding hydrogens is 368 g/mol. The molecule has 24 heavy (non-hydrogen) atoms. The van der Waals surface area contributed by atoms with Gasteiger partial charge in [0.25, 0.3) is 0 Å². The second kappa shape index (κ2) is 7.31. The van der Waals surface area contributed by atoms with Crippen LogP contribution in [0.2, 0.25) is 0 Å². The lowest BCUT2D eigenvalue weighted by molar-refractivity contribution is -0.145. The molecule has 0 radical (unpaired) electrons. The lowest BCUT2D eigenvalue weighted by Crippen LogP contribution is -2.08. The fourth-order valence-corrected chi connectivity index (χ4v) is 3.35. The molecule has 0 bridgehead atoms. The Morgan fingerprint density at radius 3 is 2.38 bits per heavy atom. The molecule has 0 aromatic heterocycles. The van der Waals surface area contributed by atoms with E-state index in [1.165, 1.54) is 0 Å². The molecule has 0 aliphatic heterocycles. The molecule has 2 aromatic rings. The van der Waals surface area contributed by atoms with Gasteiger partial charge in [-0.15, -0.1) is 0 Å². The van der Waals surface area contributed by atoms with Crippen LogP contribution < -0.4 is 0 Å². The maximum Gasteiger partial charge on any atom is 0.306 e. The normalized spacial score (nSPS) is 22.0. The number of carbonyl (C=O) groups excluding carboxylic acids is 2. The minimum Gasteiger partial charge on any atom is -0.461 e. The molecule has 0 unspecified atom stereocenters. The Hall–Kier alpha value is -1.94. The van der Waals surface area contributed by atoms with Crippen LogP contribution >= 0.6 is 15.9 Å². The van der Waals surface area contributed by atoms with Crippen LogP contribution in [0.5, 0.6) is 0 Å². The van der Waals surface area contributed by atoms with Gasteiger partial charge in [0.1, 0.15) is 6.61 Å². The van der Waals surface area contributed by atoms with Gasteiger partial charge in [-0.1, -0.05) is 65.3 Å². The maximum atomic E-state index is 12.5. The molecule has 3 nitrogen and oxygen atoms in total. The van der Waals surface area contributed by atoms with Gasteiger partial charge in [0.2, 0.25) is 0 Å². The van der Waals surface area contributed by atoms with Gasteiger partial charge in [0.15, 0.2) is 5.78 Å². The third-order valence-electron chi connectivity index (χ3n) is 4.64. The van der Waals surface area contributed by atoms with Gasteiger partial charge in [-0.3, -0.25) is 9.59 Å². The number of esters is 1. The highest BCUT2D eigenvalue weighted by atomic mass is 79.9. The van der Waals surface area contributed by atoms with Gasteiger partial charge in [-0.2, -0.15) is 0 Å². The van der Waals surface area contributed by atoms with Crippen molar-refractivity contribution < 1.29 is 14.3 Å². The molecule has 1 fully saturated rings. The molecule has 1 saturated carbocycles. The van der Waals surface area contributed by atoms with Crippen molar-refractivity contribution in [3.8, 4) is 0 Å². The standard InChI is InChI=1S/C20H19BrO3/c1-13-17(11-18(22)24-12-14-5-3-2-4-6-14)19(13)20(23)15-7-9-16(21)10-8-15/h2-10,13,17,19H,11-12H2,1H3/t13-,17+,19-/m1/s1. The summed E-state index contributed by atoms with van der Waals surface area (Å²) in [5, 5.41) is 0. The van der Waals surface area contributed by atoms with Gasteiger partial charge in [-0.25, -0.2) is 0 Å². The van der Waals surface area contributed by atoms with E-state index < -0.39 is 0 Å². The minimum absolute atomic E-state index is 0.0737. The molecular formula is C20H19BrO3. The van der Waals surface area contributed by atoms with Crippen LogP contribution in [0, 0.1) is 17.8 Å². The van der Waals surface area contributed by atoms with E-state index >= 15 is 0 Å². The fraction of sp³-hybridized carbons (Fsp3) is 0.300. The Kier molecular flexibility index (Phi) is 5.14. The Labute approximate surface area is 150 Å². The maximum absolute atomic E-state index is 12.5. The summed E-state index contributed by atoms with van der Waals surface area (Å²) < 4.78 is 6.27. The van der Waals surface area contributed by atoms with Crippen molar-refractivity contribution in [3.63, 3.8) is 0 Å². The monoisotopic (exact) mass is 386 g/mol. The third-order valence-corrected chi connectivity index (χ3v) is 5.17. The summed E-state index contributed by atoms with van der Waals surface area (Å²) in [6.45, 7) is 2.31. The first-order valence-corrected chi connectivity index (χ1v) is 8.85. The van der Waals surface area contributed by atoms with Crippen molar-refractivity contribution >= 4 is 27.7 Å².